The summed E-state index contributed by atoms with van der Waals surface area (Å²) in [5.74, 6) is 1.47. The first kappa shape index (κ1) is 13.5. The highest BCUT2D eigenvalue weighted by Gasteiger charge is 2.25. The summed E-state index contributed by atoms with van der Waals surface area (Å²) >= 11 is 0. The molecule has 0 atom stereocenters. The van der Waals surface area contributed by atoms with Crippen LogP contribution >= 0.6 is 0 Å². The van der Waals surface area contributed by atoms with Crippen LogP contribution in [0, 0.1) is 0 Å². The lowest BCUT2D eigenvalue weighted by molar-refractivity contribution is -0.123. The molecule has 0 aromatic heterocycles. The number of fused-ring (bicyclic) bond motifs is 1. The minimum Gasteiger partial charge on any atom is -0.493 e. The molecule has 1 amide bonds. The zero-order chi connectivity index (χ0) is 14.0. The van der Waals surface area contributed by atoms with Crippen molar-refractivity contribution in [3.05, 3.63) is 17.7 Å². The van der Waals surface area contributed by atoms with E-state index in [9.17, 15) is 4.79 Å². The number of benzene rings is 1. The summed E-state index contributed by atoms with van der Waals surface area (Å²) in [6.45, 7) is 4.14. The molecule has 0 bridgehead atoms. The third kappa shape index (κ3) is 2.73. The number of carbonyl (C=O) groups excluding carboxylic acids is 1. The van der Waals surface area contributed by atoms with Crippen molar-refractivity contribution in [1.29, 1.82) is 0 Å². The van der Waals surface area contributed by atoms with E-state index in [1.807, 2.05) is 12.1 Å². The molecule has 0 radical (unpaired) electrons. The molecule has 104 valence electrons. The van der Waals surface area contributed by atoms with Gasteiger partial charge in [-0.1, -0.05) is 0 Å². The molecule has 19 heavy (non-hydrogen) atoms. The summed E-state index contributed by atoms with van der Waals surface area (Å²) in [5, 5.41) is 3.09. The maximum Gasteiger partial charge on any atom is 0.237 e. The number of hydrogen-bond acceptors (Lipinski definition) is 5. The van der Waals surface area contributed by atoms with E-state index in [1.54, 1.807) is 21.0 Å². The molecule has 6 heteroatoms. The predicted octanol–water partition coefficient (Wildman–Crippen LogP) is 0.777. The maximum absolute atomic E-state index is 11.2. The average Bonchev–Trinajstić information content (AvgIpc) is 2.83. The third-order valence-corrected chi connectivity index (χ3v) is 3.07. The van der Waals surface area contributed by atoms with Gasteiger partial charge < -0.3 is 19.9 Å². The normalized spacial score (nSPS) is 13.4. The molecular formula is C13H18N2O4. The van der Waals surface area contributed by atoms with Crippen molar-refractivity contribution in [3.63, 3.8) is 0 Å². The Morgan fingerprint density at radius 1 is 1.47 bits per heavy atom. The van der Waals surface area contributed by atoms with E-state index in [-0.39, 0.29) is 6.79 Å². The van der Waals surface area contributed by atoms with Crippen LogP contribution in [0.4, 0.5) is 0 Å². The van der Waals surface area contributed by atoms with Crippen LogP contribution in [0.1, 0.15) is 19.4 Å². The zero-order valence-electron chi connectivity index (χ0n) is 11.3. The fourth-order valence-corrected chi connectivity index (χ4v) is 1.70. The molecule has 1 aromatic rings. The van der Waals surface area contributed by atoms with Crippen LogP contribution in [0.5, 0.6) is 17.2 Å². The van der Waals surface area contributed by atoms with Crippen LogP contribution in [0.3, 0.4) is 0 Å². The molecule has 3 N–H and O–H groups in total. The second kappa shape index (κ2) is 4.97. The smallest absolute Gasteiger partial charge is 0.237 e. The summed E-state index contributed by atoms with van der Waals surface area (Å²) in [6.07, 6.45) is 0. The molecular weight excluding hydrogens is 248 g/mol. The number of amides is 1. The van der Waals surface area contributed by atoms with Crippen LogP contribution in [-0.4, -0.2) is 25.3 Å². The molecule has 1 aliphatic heterocycles. The first-order chi connectivity index (χ1) is 8.94. The van der Waals surface area contributed by atoms with Crippen molar-refractivity contribution in [2.24, 2.45) is 5.73 Å². The van der Waals surface area contributed by atoms with Gasteiger partial charge in [-0.3, -0.25) is 10.1 Å². The van der Waals surface area contributed by atoms with Gasteiger partial charge in [-0.15, -0.1) is 0 Å². The summed E-state index contributed by atoms with van der Waals surface area (Å²) in [6, 6.07) is 3.70. The first-order valence-corrected chi connectivity index (χ1v) is 5.95. The van der Waals surface area contributed by atoms with Crippen molar-refractivity contribution < 1.29 is 19.0 Å². The quantitative estimate of drug-likeness (QED) is 0.822. The fourth-order valence-electron chi connectivity index (χ4n) is 1.70. The van der Waals surface area contributed by atoms with Crippen molar-refractivity contribution in [2.45, 2.75) is 25.9 Å². The van der Waals surface area contributed by atoms with Gasteiger partial charge in [0.1, 0.15) is 0 Å². The van der Waals surface area contributed by atoms with Crippen LogP contribution in [-0.2, 0) is 11.3 Å². The monoisotopic (exact) mass is 266 g/mol. The van der Waals surface area contributed by atoms with Gasteiger partial charge in [-0.05, 0) is 31.5 Å². The van der Waals surface area contributed by atoms with E-state index in [0.717, 1.165) is 5.56 Å². The topological polar surface area (TPSA) is 82.8 Å². The second-order valence-electron chi connectivity index (χ2n) is 4.87. The van der Waals surface area contributed by atoms with Gasteiger partial charge in [0.15, 0.2) is 11.5 Å². The number of hydrogen-bond donors (Lipinski definition) is 2. The molecule has 0 fully saturated rings. The summed E-state index contributed by atoms with van der Waals surface area (Å²) in [4.78, 5) is 11.2. The van der Waals surface area contributed by atoms with Gasteiger partial charge in [-0.2, -0.15) is 0 Å². The Morgan fingerprint density at radius 2 is 2.21 bits per heavy atom. The molecule has 1 heterocycles. The number of nitrogens with two attached hydrogens (primary N) is 1. The number of nitrogens with one attached hydrogen (secondary N) is 1. The van der Waals surface area contributed by atoms with Gasteiger partial charge in [0.25, 0.3) is 0 Å². The number of carbonyl (C=O) groups is 1. The van der Waals surface area contributed by atoms with E-state index >= 15 is 0 Å². The van der Waals surface area contributed by atoms with Crippen LogP contribution in [0.15, 0.2) is 12.1 Å². The molecule has 0 spiro atoms. The van der Waals surface area contributed by atoms with Gasteiger partial charge >= 0.3 is 0 Å². The Hall–Kier alpha value is -1.95. The van der Waals surface area contributed by atoms with Crippen LogP contribution in [0.2, 0.25) is 0 Å². The van der Waals surface area contributed by atoms with Crippen molar-refractivity contribution in [1.82, 2.24) is 5.32 Å². The highest BCUT2D eigenvalue weighted by molar-refractivity contribution is 5.83. The van der Waals surface area contributed by atoms with E-state index < -0.39 is 11.4 Å². The number of primary amides is 1. The highest BCUT2D eigenvalue weighted by atomic mass is 16.7. The Kier molecular flexibility index (Phi) is 3.53. The van der Waals surface area contributed by atoms with Gasteiger partial charge in [-0.25, -0.2) is 0 Å². The van der Waals surface area contributed by atoms with E-state index in [1.165, 1.54) is 0 Å². The molecule has 0 unspecified atom stereocenters. The van der Waals surface area contributed by atoms with Crippen LogP contribution < -0.4 is 25.3 Å². The van der Waals surface area contributed by atoms with Crippen LogP contribution in [0.25, 0.3) is 0 Å². The molecule has 0 saturated heterocycles. The molecule has 0 aliphatic carbocycles. The lowest BCUT2D eigenvalue weighted by Crippen LogP contribution is -2.50. The van der Waals surface area contributed by atoms with E-state index in [2.05, 4.69) is 5.32 Å². The second-order valence-corrected chi connectivity index (χ2v) is 4.87. The number of rotatable bonds is 5. The molecule has 1 aromatic carbocycles. The van der Waals surface area contributed by atoms with Crippen molar-refractivity contribution in [2.75, 3.05) is 13.9 Å². The van der Waals surface area contributed by atoms with Gasteiger partial charge in [0.05, 0.1) is 12.6 Å². The minimum atomic E-state index is -0.774. The Bertz CT molecular complexity index is 500. The molecule has 1 aliphatic rings. The molecule has 0 saturated carbocycles. The highest BCUT2D eigenvalue weighted by Crippen LogP contribution is 2.41. The first-order valence-electron chi connectivity index (χ1n) is 5.95. The Labute approximate surface area is 111 Å². The zero-order valence-corrected chi connectivity index (χ0v) is 11.3. The lowest BCUT2D eigenvalue weighted by atomic mass is 10.0. The number of methoxy groups -OCH3 is 1. The summed E-state index contributed by atoms with van der Waals surface area (Å²) < 4.78 is 15.9. The molecule has 2 rings (SSSR count). The fraction of sp³-hybridized carbons (Fsp3) is 0.462. The SMILES string of the molecule is COc1cc(CNC(C)(C)C(N)=O)cc2c1OCO2. The van der Waals surface area contributed by atoms with E-state index in [0.29, 0.717) is 23.8 Å². The maximum atomic E-state index is 11.2. The van der Waals surface area contributed by atoms with Crippen molar-refractivity contribution >= 4 is 5.91 Å². The Morgan fingerprint density at radius 3 is 2.84 bits per heavy atom. The summed E-state index contributed by atoms with van der Waals surface area (Å²) in [5.41, 5.74) is 5.46. The molecule has 6 nitrogen and oxygen atoms in total. The average molecular weight is 266 g/mol. The van der Waals surface area contributed by atoms with Crippen molar-refractivity contribution in [3.8, 4) is 17.2 Å². The predicted molar refractivity (Wildman–Crippen MR) is 69.2 cm³/mol. The largest absolute Gasteiger partial charge is 0.493 e. The van der Waals surface area contributed by atoms with E-state index in [4.69, 9.17) is 19.9 Å². The summed E-state index contributed by atoms with van der Waals surface area (Å²) in [7, 11) is 1.57. The standard InChI is InChI=1S/C13H18N2O4/c1-13(2,12(14)16)15-6-8-4-9(17-3)11-10(5-8)18-7-19-11/h4-5,15H,6-7H2,1-3H3,(H2,14,16). The van der Waals surface area contributed by atoms with Gasteiger partial charge in [0.2, 0.25) is 18.4 Å². The number of ether oxygens (including phenoxy) is 3. The third-order valence-electron chi connectivity index (χ3n) is 3.07. The minimum absolute atomic E-state index is 0.190. The Balaban J connectivity index is 2.16. The van der Waals surface area contributed by atoms with Gasteiger partial charge in [0, 0.05) is 6.54 Å². The lowest BCUT2D eigenvalue weighted by Gasteiger charge is -2.22.